The number of nitrogens with one attached hydrogen (secondary N) is 3. The molecule has 12 N–H and O–H groups in total. The van der Waals surface area contributed by atoms with Gasteiger partial charge in [-0.25, -0.2) is 0 Å². The molecular weight excluding hydrogens is 446 g/mol. The van der Waals surface area contributed by atoms with Gasteiger partial charge in [-0.2, -0.15) is 0 Å². The lowest BCUT2D eigenvalue weighted by atomic mass is 10.1. The number of amides is 3. The molecule has 0 saturated carbocycles. The Labute approximate surface area is 187 Å². The first-order valence-corrected chi connectivity index (χ1v) is 9.68. The van der Waals surface area contributed by atoms with E-state index in [9.17, 15) is 28.8 Å². The Morgan fingerprint density at radius 1 is 0.788 bits per heavy atom. The van der Waals surface area contributed by atoms with E-state index in [4.69, 9.17) is 32.5 Å². The fraction of sp³-hybridized carbons (Fsp3) is 0.588. The van der Waals surface area contributed by atoms with Gasteiger partial charge in [0.2, 0.25) is 17.7 Å². The zero-order chi connectivity index (χ0) is 25.6. The summed E-state index contributed by atoms with van der Waals surface area (Å²) in [6.45, 7) is -0.619. The third-order valence-corrected chi connectivity index (χ3v) is 4.00. The maximum atomic E-state index is 12.7. The predicted octanol–water partition coefficient (Wildman–Crippen LogP) is -4.12. The van der Waals surface area contributed by atoms with Crippen LogP contribution in [0.3, 0.4) is 0 Å². The normalized spacial score (nSPS) is 13.0. The van der Waals surface area contributed by atoms with Crippen molar-refractivity contribution >= 4 is 41.6 Å². The second-order valence-corrected chi connectivity index (χ2v) is 6.82. The Balaban J connectivity index is 5.40. The summed E-state index contributed by atoms with van der Waals surface area (Å²) in [7, 11) is 0. The van der Waals surface area contributed by atoms with Crippen molar-refractivity contribution in [2.75, 3.05) is 13.1 Å². The van der Waals surface area contributed by atoms with E-state index in [2.05, 4.69) is 20.9 Å². The van der Waals surface area contributed by atoms with E-state index in [1.165, 1.54) is 0 Å². The Bertz CT molecular complexity index is 768. The van der Waals surface area contributed by atoms with E-state index in [1.807, 2.05) is 0 Å². The average Bonchev–Trinajstić information content (AvgIpc) is 2.70. The van der Waals surface area contributed by atoms with Gasteiger partial charge in [0, 0.05) is 13.0 Å². The van der Waals surface area contributed by atoms with Crippen molar-refractivity contribution in [1.82, 2.24) is 16.0 Å². The number of guanidine groups is 1. The summed E-state index contributed by atoms with van der Waals surface area (Å²) >= 11 is 0. The lowest BCUT2D eigenvalue weighted by molar-refractivity contribution is -0.140. The van der Waals surface area contributed by atoms with Crippen LogP contribution in [0.25, 0.3) is 0 Å². The zero-order valence-corrected chi connectivity index (χ0v) is 17.7. The van der Waals surface area contributed by atoms with Gasteiger partial charge in [-0.15, -0.1) is 0 Å². The Hall–Kier alpha value is -3.95. The number of carboxylic acid groups (broad SMARTS) is 3. The lowest BCUT2D eigenvalue weighted by Crippen LogP contribution is -2.56. The fourth-order valence-corrected chi connectivity index (χ4v) is 2.43. The first-order valence-electron chi connectivity index (χ1n) is 9.68. The van der Waals surface area contributed by atoms with Crippen molar-refractivity contribution in [3.8, 4) is 0 Å². The van der Waals surface area contributed by atoms with Crippen LogP contribution in [0.4, 0.5) is 0 Å². The van der Waals surface area contributed by atoms with E-state index >= 15 is 0 Å². The summed E-state index contributed by atoms with van der Waals surface area (Å²) in [6, 6.07) is -4.22. The number of nitrogens with zero attached hydrogens (tertiary/aromatic N) is 1. The minimum absolute atomic E-state index is 0.0217. The monoisotopic (exact) mass is 475 g/mol. The molecule has 3 unspecified atom stereocenters. The van der Waals surface area contributed by atoms with E-state index in [0.29, 0.717) is 0 Å². The van der Waals surface area contributed by atoms with Crippen LogP contribution in [0.2, 0.25) is 0 Å². The first-order chi connectivity index (χ1) is 15.3. The number of carbonyl (C=O) groups is 6. The molecule has 16 nitrogen and oxygen atoms in total. The molecule has 3 amide bonds. The summed E-state index contributed by atoms with van der Waals surface area (Å²) in [6.07, 6.45) is -1.47. The number of carboxylic acids is 3. The van der Waals surface area contributed by atoms with Crippen LogP contribution < -0.4 is 33.2 Å². The van der Waals surface area contributed by atoms with Gasteiger partial charge in [0.05, 0.1) is 12.5 Å². The first kappa shape index (κ1) is 29.0. The lowest BCUT2D eigenvalue weighted by Gasteiger charge is -2.23. The quantitative estimate of drug-likeness (QED) is 0.0584. The van der Waals surface area contributed by atoms with E-state index in [1.54, 1.807) is 0 Å². The number of rotatable bonds is 16. The molecule has 186 valence electrons. The van der Waals surface area contributed by atoms with Gasteiger partial charge >= 0.3 is 17.9 Å². The molecule has 0 aromatic carbocycles. The van der Waals surface area contributed by atoms with E-state index in [-0.39, 0.29) is 31.8 Å². The van der Waals surface area contributed by atoms with Crippen molar-refractivity contribution in [2.24, 2.45) is 22.2 Å². The summed E-state index contributed by atoms with van der Waals surface area (Å²) in [5, 5.41) is 32.9. The third kappa shape index (κ3) is 13.9. The SMILES string of the molecule is NC(N)=NCCCC(NC(=O)C(CCC(=O)O)NC(=O)C(N)CC(=O)O)C(=O)NCC(=O)O. The molecule has 0 heterocycles. The molecule has 0 aromatic rings. The second-order valence-electron chi connectivity index (χ2n) is 6.82. The number of hydrogen-bond acceptors (Lipinski definition) is 8. The number of aliphatic carboxylic acids is 3. The molecule has 3 atom stereocenters. The highest BCUT2D eigenvalue weighted by atomic mass is 16.4. The van der Waals surface area contributed by atoms with Gasteiger partial charge in [-0.3, -0.25) is 33.8 Å². The minimum Gasteiger partial charge on any atom is -0.481 e. The van der Waals surface area contributed by atoms with Crippen molar-refractivity contribution in [1.29, 1.82) is 0 Å². The highest BCUT2D eigenvalue weighted by Crippen LogP contribution is 2.04. The van der Waals surface area contributed by atoms with Crippen molar-refractivity contribution < 1.29 is 44.1 Å². The molecule has 0 aliphatic heterocycles. The van der Waals surface area contributed by atoms with Crippen molar-refractivity contribution in [2.45, 2.75) is 50.2 Å². The van der Waals surface area contributed by atoms with Crippen LogP contribution in [0.1, 0.15) is 32.1 Å². The van der Waals surface area contributed by atoms with Gasteiger partial charge < -0.3 is 48.5 Å². The van der Waals surface area contributed by atoms with Crippen molar-refractivity contribution in [3.63, 3.8) is 0 Å². The van der Waals surface area contributed by atoms with Crippen LogP contribution >= 0.6 is 0 Å². The molecule has 33 heavy (non-hydrogen) atoms. The molecular formula is C17H29N7O9. The molecule has 0 radical (unpaired) electrons. The van der Waals surface area contributed by atoms with Gasteiger partial charge in [-0.05, 0) is 19.3 Å². The summed E-state index contributed by atoms with van der Waals surface area (Å²) in [5.41, 5.74) is 15.9. The molecule has 0 saturated heterocycles. The smallest absolute Gasteiger partial charge is 0.322 e. The average molecular weight is 475 g/mol. The maximum absolute atomic E-state index is 12.7. The molecule has 0 aliphatic carbocycles. The Morgan fingerprint density at radius 2 is 1.36 bits per heavy atom. The Morgan fingerprint density at radius 3 is 1.88 bits per heavy atom. The maximum Gasteiger partial charge on any atom is 0.322 e. The predicted molar refractivity (Wildman–Crippen MR) is 112 cm³/mol. The highest BCUT2D eigenvalue weighted by molar-refractivity contribution is 5.94. The highest BCUT2D eigenvalue weighted by Gasteiger charge is 2.29. The largest absolute Gasteiger partial charge is 0.481 e. The van der Waals surface area contributed by atoms with Crippen LogP contribution in [0.5, 0.6) is 0 Å². The molecule has 16 heteroatoms. The van der Waals surface area contributed by atoms with Crippen LogP contribution in [-0.4, -0.2) is 88.1 Å². The van der Waals surface area contributed by atoms with E-state index in [0.717, 1.165) is 0 Å². The number of carbonyl (C=O) groups excluding carboxylic acids is 3. The van der Waals surface area contributed by atoms with Crippen molar-refractivity contribution in [3.05, 3.63) is 0 Å². The number of aliphatic imine (C=N–C) groups is 1. The summed E-state index contributed by atoms with van der Waals surface area (Å²) < 4.78 is 0. The molecule has 0 rings (SSSR count). The number of hydrogen-bond donors (Lipinski definition) is 9. The molecule has 0 bridgehead atoms. The molecule has 0 spiro atoms. The number of nitrogens with two attached hydrogens (primary N) is 3. The standard InChI is InChI=1S/C17H29N7O9/c18-8(6-12(27)28)14(31)23-10(3-4-11(25)26)16(33)24-9(2-1-5-21-17(19)20)15(32)22-7-13(29)30/h8-10H,1-7,18H2,(H,22,32)(H,23,31)(H,24,33)(H,25,26)(H,27,28)(H,29,30)(H4,19,20,21). The van der Waals surface area contributed by atoms with Gasteiger partial charge in [0.25, 0.3) is 0 Å². The minimum atomic E-state index is -1.50. The van der Waals surface area contributed by atoms with E-state index < -0.39 is 73.1 Å². The molecule has 0 aromatic heterocycles. The molecule has 0 aliphatic rings. The van der Waals surface area contributed by atoms with Gasteiger partial charge in [0.15, 0.2) is 5.96 Å². The topological polar surface area (TPSA) is 290 Å². The van der Waals surface area contributed by atoms with Gasteiger partial charge in [0.1, 0.15) is 18.6 Å². The molecule has 0 fully saturated rings. The van der Waals surface area contributed by atoms with Gasteiger partial charge in [-0.1, -0.05) is 0 Å². The summed E-state index contributed by atoms with van der Waals surface area (Å²) in [4.78, 5) is 73.1. The zero-order valence-electron chi connectivity index (χ0n) is 17.7. The Kier molecular flexibility index (Phi) is 13.2. The summed E-state index contributed by atoms with van der Waals surface area (Å²) in [5.74, 6) is -6.97. The second kappa shape index (κ2) is 15.0. The fourth-order valence-electron chi connectivity index (χ4n) is 2.43. The third-order valence-electron chi connectivity index (χ3n) is 4.00. The van der Waals surface area contributed by atoms with Crippen LogP contribution in [-0.2, 0) is 28.8 Å². The van der Waals surface area contributed by atoms with Crippen LogP contribution in [0.15, 0.2) is 4.99 Å². The van der Waals surface area contributed by atoms with Crippen LogP contribution in [0, 0.1) is 0 Å².